The number of nitrogens with zero attached hydrogens (tertiary/aromatic N) is 3. The molecule has 0 bridgehead atoms. The Kier molecular flexibility index (Phi) is 5.95. The predicted octanol–water partition coefficient (Wildman–Crippen LogP) is 4.12. The van der Waals surface area contributed by atoms with E-state index in [1.54, 1.807) is 18.0 Å². The molecule has 0 fully saturated rings. The molecule has 0 aliphatic rings. The topological polar surface area (TPSA) is 64.4 Å². The minimum Gasteiger partial charge on any atom is -0.492 e. The molecule has 0 atom stereocenters. The van der Waals surface area contributed by atoms with E-state index >= 15 is 0 Å². The largest absolute Gasteiger partial charge is 0.492 e. The number of aromatic amines is 1. The highest BCUT2D eigenvalue weighted by molar-refractivity contribution is 9.10. The highest BCUT2D eigenvalue weighted by Crippen LogP contribution is 2.36. The fourth-order valence-corrected chi connectivity index (χ4v) is 2.84. The van der Waals surface area contributed by atoms with E-state index in [0.717, 1.165) is 15.9 Å². The van der Waals surface area contributed by atoms with Gasteiger partial charge in [-0.3, -0.25) is 5.10 Å². The molecule has 6 nitrogen and oxygen atoms in total. The minimum atomic E-state index is 0.210. The fraction of sp³-hybridized carbons (Fsp3) is 0.400. The number of benzene rings is 1. The van der Waals surface area contributed by atoms with Crippen LogP contribution in [-0.4, -0.2) is 34.8 Å². The number of hydrogen-bond acceptors (Lipinski definition) is 5. The van der Waals surface area contributed by atoms with E-state index in [1.165, 1.54) is 0 Å². The van der Waals surface area contributed by atoms with Crippen LogP contribution in [0.1, 0.15) is 38.1 Å². The molecule has 23 heavy (non-hydrogen) atoms. The van der Waals surface area contributed by atoms with Gasteiger partial charge in [-0.1, -0.05) is 13.8 Å². The van der Waals surface area contributed by atoms with Gasteiger partial charge in [-0.05, 0) is 52.8 Å². The van der Waals surface area contributed by atoms with Gasteiger partial charge in [0, 0.05) is 5.92 Å². The molecule has 0 spiro atoms. The number of hydrogen-bond donors (Lipinski definition) is 1. The molecular formula is C15H19BrN4O2S. The van der Waals surface area contributed by atoms with Gasteiger partial charge in [0.1, 0.15) is 0 Å². The summed E-state index contributed by atoms with van der Waals surface area (Å²) in [4.78, 5) is 0. The summed E-state index contributed by atoms with van der Waals surface area (Å²) in [6.45, 7) is 6.55. The van der Waals surface area contributed by atoms with Crippen LogP contribution >= 0.6 is 28.1 Å². The molecule has 2 aromatic rings. The van der Waals surface area contributed by atoms with Crippen LogP contribution in [0.15, 0.2) is 21.7 Å². The monoisotopic (exact) mass is 398 g/mol. The summed E-state index contributed by atoms with van der Waals surface area (Å²) in [5, 5.41) is 11.4. The molecule has 1 N–H and O–H groups in total. The summed E-state index contributed by atoms with van der Waals surface area (Å²) in [6, 6.07) is 3.78. The van der Waals surface area contributed by atoms with E-state index in [0.29, 0.717) is 22.9 Å². The maximum Gasteiger partial charge on any atom is 0.216 e. The fourth-order valence-electron chi connectivity index (χ4n) is 2.04. The lowest BCUT2D eigenvalue weighted by atomic mass is 10.2. The molecule has 0 unspecified atom stereocenters. The van der Waals surface area contributed by atoms with Crippen LogP contribution in [0.3, 0.4) is 0 Å². The third kappa shape index (κ3) is 4.00. The lowest BCUT2D eigenvalue weighted by Crippen LogP contribution is -2.01. The summed E-state index contributed by atoms with van der Waals surface area (Å²) in [5.74, 6) is 2.31. The number of rotatable bonds is 6. The van der Waals surface area contributed by atoms with Crippen LogP contribution < -0.4 is 9.47 Å². The van der Waals surface area contributed by atoms with Crippen LogP contribution in [0.25, 0.3) is 0 Å². The van der Waals surface area contributed by atoms with E-state index in [-0.39, 0.29) is 5.92 Å². The number of H-pyrrole nitrogens is 1. The average molecular weight is 399 g/mol. The number of aromatic nitrogens is 3. The van der Waals surface area contributed by atoms with Gasteiger partial charge in [-0.25, -0.2) is 0 Å². The average Bonchev–Trinajstić information content (AvgIpc) is 2.86. The number of nitrogens with one attached hydrogen (secondary N) is 1. The highest BCUT2D eigenvalue weighted by Gasteiger charge is 2.11. The maximum absolute atomic E-state index is 5.61. The molecule has 2 rings (SSSR count). The zero-order valence-corrected chi connectivity index (χ0v) is 15.9. The van der Waals surface area contributed by atoms with Crippen LogP contribution in [0.2, 0.25) is 0 Å². The normalized spacial score (nSPS) is 11.4. The van der Waals surface area contributed by atoms with Crippen molar-refractivity contribution < 1.29 is 9.47 Å². The summed E-state index contributed by atoms with van der Waals surface area (Å²) in [5.41, 5.74) is 0.860. The Labute approximate surface area is 148 Å². The summed E-state index contributed by atoms with van der Waals surface area (Å²) in [6.07, 6.45) is 1.71. The first-order chi connectivity index (χ1) is 11.0. The maximum atomic E-state index is 5.61. The van der Waals surface area contributed by atoms with Crippen molar-refractivity contribution in [3.8, 4) is 11.5 Å². The zero-order valence-electron chi connectivity index (χ0n) is 13.5. The standard InChI is InChI=1S/C15H19BrN4O2S/c1-5-22-12-7-10(6-11(16)13(12)21-4)8-17-20-14(9(2)3)18-19-15(20)23/h6-9H,5H2,1-4H3,(H,19,23)/b17-8-. The number of halogens is 1. The van der Waals surface area contributed by atoms with E-state index in [9.17, 15) is 0 Å². The molecule has 0 saturated carbocycles. The van der Waals surface area contributed by atoms with E-state index in [4.69, 9.17) is 21.7 Å². The van der Waals surface area contributed by atoms with Gasteiger partial charge >= 0.3 is 0 Å². The predicted molar refractivity (Wildman–Crippen MR) is 96.4 cm³/mol. The third-order valence-corrected chi connectivity index (χ3v) is 3.90. The van der Waals surface area contributed by atoms with Crippen LogP contribution in [-0.2, 0) is 0 Å². The molecule has 0 saturated heterocycles. The number of methoxy groups -OCH3 is 1. The zero-order chi connectivity index (χ0) is 17.0. The Morgan fingerprint density at radius 1 is 1.48 bits per heavy atom. The molecule has 0 radical (unpaired) electrons. The van der Waals surface area contributed by atoms with Crippen molar-refractivity contribution in [2.24, 2.45) is 5.10 Å². The van der Waals surface area contributed by atoms with Gasteiger partial charge in [0.25, 0.3) is 0 Å². The molecule has 8 heteroatoms. The first kappa shape index (κ1) is 17.7. The second kappa shape index (κ2) is 7.74. The molecule has 1 heterocycles. The summed E-state index contributed by atoms with van der Waals surface area (Å²) < 4.78 is 13.8. The minimum absolute atomic E-state index is 0.210. The molecular weight excluding hydrogens is 380 g/mol. The smallest absolute Gasteiger partial charge is 0.216 e. The second-order valence-corrected chi connectivity index (χ2v) is 6.31. The van der Waals surface area contributed by atoms with Crippen molar-refractivity contribution in [1.82, 2.24) is 14.9 Å². The first-order valence-corrected chi connectivity index (χ1v) is 8.40. The van der Waals surface area contributed by atoms with E-state index < -0.39 is 0 Å². The Hall–Kier alpha value is -1.67. The molecule has 0 amide bonds. The number of ether oxygens (including phenoxy) is 2. The molecule has 1 aromatic heterocycles. The van der Waals surface area contributed by atoms with E-state index in [1.807, 2.05) is 32.9 Å². The summed E-state index contributed by atoms with van der Waals surface area (Å²) >= 11 is 8.70. The molecule has 0 aliphatic carbocycles. The van der Waals surface area contributed by atoms with Crippen molar-refractivity contribution in [3.63, 3.8) is 0 Å². The Balaban J connectivity index is 2.41. The Morgan fingerprint density at radius 2 is 2.22 bits per heavy atom. The van der Waals surface area contributed by atoms with Crippen molar-refractivity contribution in [3.05, 3.63) is 32.8 Å². The molecule has 0 aliphatic heterocycles. The van der Waals surface area contributed by atoms with Gasteiger partial charge < -0.3 is 9.47 Å². The van der Waals surface area contributed by atoms with Crippen molar-refractivity contribution in [1.29, 1.82) is 0 Å². The highest BCUT2D eigenvalue weighted by atomic mass is 79.9. The summed E-state index contributed by atoms with van der Waals surface area (Å²) in [7, 11) is 1.61. The van der Waals surface area contributed by atoms with Crippen LogP contribution in [0, 0.1) is 4.77 Å². The van der Waals surface area contributed by atoms with Gasteiger partial charge in [-0.15, -0.1) is 0 Å². The lowest BCUT2D eigenvalue weighted by Gasteiger charge is -2.11. The molecule has 1 aromatic carbocycles. The van der Waals surface area contributed by atoms with E-state index in [2.05, 4.69) is 31.2 Å². The third-order valence-electron chi connectivity index (χ3n) is 3.05. The Bertz CT molecular complexity index is 767. The van der Waals surface area contributed by atoms with Gasteiger partial charge in [0.2, 0.25) is 4.77 Å². The van der Waals surface area contributed by atoms with Crippen molar-refractivity contribution in [2.45, 2.75) is 26.7 Å². The van der Waals surface area contributed by atoms with Gasteiger partial charge in [0.05, 0.1) is 24.4 Å². The van der Waals surface area contributed by atoms with Crippen molar-refractivity contribution >= 4 is 34.4 Å². The Morgan fingerprint density at radius 3 is 2.83 bits per heavy atom. The quantitative estimate of drug-likeness (QED) is 0.587. The molecule has 124 valence electrons. The van der Waals surface area contributed by atoms with Crippen molar-refractivity contribution in [2.75, 3.05) is 13.7 Å². The van der Waals surface area contributed by atoms with Gasteiger partial charge in [-0.2, -0.15) is 14.9 Å². The first-order valence-electron chi connectivity index (χ1n) is 7.19. The van der Waals surface area contributed by atoms with Crippen LogP contribution in [0.5, 0.6) is 11.5 Å². The second-order valence-electron chi connectivity index (χ2n) is 5.07. The van der Waals surface area contributed by atoms with Gasteiger partial charge in [0.15, 0.2) is 17.3 Å². The SMILES string of the molecule is CCOc1cc(/C=N\n2c(C(C)C)n[nH]c2=S)cc(Br)c1OC. The van der Waals surface area contributed by atoms with Crippen LogP contribution in [0.4, 0.5) is 0 Å². The lowest BCUT2D eigenvalue weighted by molar-refractivity contribution is 0.310.